The van der Waals surface area contributed by atoms with E-state index in [0.29, 0.717) is 5.69 Å². The number of imide groups is 1. The quantitative estimate of drug-likeness (QED) is 0.445. The summed E-state index contributed by atoms with van der Waals surface area (Å²) in [4.78, 5) is 52.6. The molecule has 0 saturated carbocycles. The minimum Gasteiger partial charge on any atom is -0.462 e. The van der Waals surface area contributed by atoms with Crippen LogP contribution in [0.5, 0.6) is 0 Å². The number of esters is 1. The fourth-order valence-corrected chi connectivity index (χ4v) is 3.79. The highest BCUT2D eigenvalue weighted by Gasteiger charge is 2.42. The molecule has 7 nitrogen and oxygen atoms in total. The summed E-state index contributed by atoms with van der Waals surface area (Å²) in [6, 6.07) is 20.9. The van der Waals surface area contributed by atoms with Crippen molar-refractivity contribution in [2.45, 2.75) is 19.4 Å². The van der Waals surface area contributed by atoms with Gasteiger partial charge in [-0.2, -0.15) is 0 Å². The van der Waals surface area contributed by atoms with Gasteiger partial charge in [0, 0.05) is 12.1 Å². The van der Waals surface area contributed by atoms with Gasteiger partial charge in [-0.15, -0.1) is 0 Å². The number of rotatable bonds is 7. The summed E-state index contributed by atoms with van der Waals surface area (Å²) in [5, 5.41) is 2.75. The van der Waals surface area contributed by atoms with Gasteiger partial charge in [0.15, 0.2) is 0 Å². The average Bonchev–Trinajstić information content (AvgIpc) is 3.08. The van der Waals surface area contributed by atoms with Gasteiger partial charge in [-0.1, -0.05) is 48.5 Å². The Morgan fingerprint density at radius 2 is 1.52 bits per heavy atom. The average molecular weight is 442 g/mol. The van der Waals surface area contributed by atoms with Crippen LogP contribution in [0.25, 0.3) is 0 Å². The third-order valence-electron chi connectivity index (χ3n) is 5.35. The summed E-state index contributed by atoms with van der Waals surface area (Å²) in [5.41, 5.74) is 2.00. The fraction of sp³-hybridized carbons (Fsp3) is 0.154. The molecule has 0 bridgehead atoms. The number of anilines is 1. The van der Waals surface area contributed by atoms with E-state index < -0.39 is 29.7 Å². The molecule has 1 heterocycles. The van der Waals surface area contributed by atoms with Crippen molar-refractivity contribution in [1.29, 1.82) is 0 Å². The number of carbonyl (C=O) groups is 4. The molecular formula is C26H22N2O5. The minimum absolute atomic E-state index is 0.149. The van der Waals surface area contributed by atoms with Crippen LogP contribution < -0.4 is 5.32 Å². The first kappa shape index (κ1) is 22.0. The van der Waals surface area contributed by atoms with Crippen LogP contribution in [0.3, 0.4) is 0 Å². The Bertz CT molecular complexity index is 1190. The molecule has 4 rings (SSSR count). The van der Waals surface area contributed by atoms with Gasteiger partial charge < -0.3 is 10.1 Å². The number of hydrogen-bond donors (Lipinski definition) is 1. The van der Waals surface area contributed by atoms with Gasteiger partial charge in [0.05, 0.1) is 23.3 Å². The van der Waals surface area contributed by atoms with E-state index in [9.17, 15) is 19.2 Å². The number of hydrogen-bond acceptors (Lipinski definition) is 5. The van der Waals surface area contributed by atoms with E-state index in [1.165, 1.54) is 6.07 Å². The molecular weight excluding hydrogens is 420 g/mol. The van der Waals surface area contributed by atoms with Gasteiger partial charge in [0.25, 0.3) is 11.8 Å². The zero-order chi connectivity index (χ0) is 23.4. The molecule has 7 heteroatoms. The van der Waals surface area contributed by atoms with E-state index in [4.69, 9.17) is 4.74 Å². The standard InChI is InChI=1S/C26H22N2O5/c1-2-33-26(32)18-11-8-12-19(16-18)27-23(29)22(15-17-9-4-3-5-10-17)28-24(30)20-13-6-7-14-21(20)25(28)31/h3-14,16,22H,2,15H2,1H3,(H,27,29). The van der Waals surface area contributed by atoms with Crippen molar-refractivity contribution in [2.75, 3.05) is 11.9 Å². The van der Waals surface area contributed by atoms with E-state index >= 15 is 0 Å². The van der Waals surface area contributed by atoms with Crippen molar-refractivity contribution in [3.63, 3.8) is 0 Å². The number of ether oxygens (including phenoxy) is 1. The predicted octanol–water partition coefficient (Wildman–Crippen LogP) is 3.71. The summed E-state index contributed by atoms with van der Waals surface area (Å²) >= 11 is 0. The Labute approximate surface area is 191 Å². The maximum absolute atomic E-state index is 13.4. The van der Waals surface area contributed by atoms with Gasteiger partial charge >= 0.3 is 5.97 Å². The Morgan fingerprint density at radius 1 is 0.879 bits per heavy atom. The van der Waals surface area contributed by atoms with Crippen molar-refractivity contribution in [2.24, 2.45) is 0 Å². The molecule has 1 atom stereocenters. The van der Waals surface area contributed by atoms with Gasteiger partial charge in [-0.05, 0) is 42.8 Å². The maximum atomic E-state index is 13.4. The van der Waals surface area contributed by atoms with Crippen LogP contribution >= 0.6 is 0 Å². The predicted molar refractivity (Wildman–Crippen MR) is 122 cm³/mol. The molecule has 0 saturated heterocycles. The van der Waals surface area contributed by atoms with Crippen molar-refractivity contribution >= 4 is 29.4 Å². The Hall–Kier alpha value is -4.26. The molecule has 1 unspecified atom stereocenters. The lowest BCUT2D eigenvalue weighted by Gasteiger charge is -2.25. The van der Waals surface area contributed by atoms with Gasteiger partial charge in [-0.25, -0.2) is 4.79 Å². The molecule has 166 valence electrons. The lowest BCUT2D eigenvalue weighted by atomic mass is 10.0. The maximum Gasteiger partial charge on any atom is 0.338 e. The van der Waals surface area contributed by atoms with Crippen LogP contribution in [0.2, 0.25) is 0 Å². The van der Waals surface area contributed by atoms with Crippen LogP contribution in [0.15, 0.2) is 78.9 Å². The number of amides is 3. The summed E-state index contributed by atoms with van der Waals surface area (Å²) in [7, 11) is 0. The Kier molecular flexibility index (Phi) is 6.31. The van der Waals surface area contributed by atoms with Crippen molar-refractivity contribution < 1.29 is 23.9 Å². The largest absolute Gasteiger partial charge is 0.462 e. The van der Waals surface area contributed by atoms with Crippen LogP contribution in [-0.4, -0.2) is 41.2 Å². The zero-order valence-electron chi connectivity index (χ0n) is 18.0. The topological polar surface area (TPSA) is 92.8 Å². The molecule has 3 aromatic rings. The number of carbonyl (C=O) groups excluding carboxylic acids is 4. The molecule has 0 radical (unpaired) electrons. The van der Waals surface area contributed by atoms with Crippen LogP contribution in [0.1, 0.15) is 43.6 Å². The molecule has 33 heavy (non-hydrogen) atoms. The van der Waals surface area contributed by atoms with E-state index in [1.807, 2.05) is 30.3 Å². The second-order valence-electron chi connectivity index (χ2n) is 7.52. The number of benzene rings is 3. The molecule has 0 spiro atoms. The van der Waals surface area contributed by atoms with E-state index in [2.05, 4.69) is 5.32 Å². The highest BCUT2D eigenvalue weighted by atomic mass is 16.5. The van der Waals surface area contributed by atoms with Crippen molar-refractivity contribution in [3.05, 3.63) is 101 Å². The smallest absolute Gasteiger partial charge is 0.338 e. The SMILES string of the molecule is CCOC(=O)c1cccc(NC(=O)C(Cc2ccccc2)N2C(=O)c3ccccc3C2=O)c1. The monoisotopic (exact) mass is 442 g/mol. The number of nitrogens with one attached hydrogen (secondary N) is 1. The molecule has 1 aliphatic heterocycles. The summed E-state index contributed by atoms with van der Waals surface area (Å²) in [6.45, 7) is 1.94. The molecule has 0 fully saturated rings. The Balaban J connectivity index is 1.64. The first-order chi connectivity index (χ1) is 16.0. The summed E-state index contributed by atoms with van der Waals surface area (Å²) in [5.74, 6) is -2.05. The van der Waals surface area contributed by atoms with E-state index in [-0.39, 0.29) is 29.7 Å². The second kappa shape index (κ2) is 9.48. The number of fused-ring (bicyclic) bond motifs is 1. The highest BCUT2D eigenvalue weighted by molar-refractivity contribution is 6.23. The summed E-state index contributed by atoms with van der Waals surface area (Å²) in [6.07, 6.45) is 0.149. The molecule has 3 aromatic carbocycles. The van der Waals surface area contributed by atoms with Crippen LogP contribution in [-0.2, 0) is 16.0 Å². The number of nitrogens with zero attached hydrogens (tertiary/aromatic N) is 1. The molecule has 0 aliphatic carbocycles. The third kappa shape index (κ3) is 4.52. The molecule has 1 aliphatic rings. The van der Waals surface area contributed by atoms with Gasteiger partial charge in [-0.3, -0.25) is 19.3 Å². The second-order valence-corrected chi connectivity index (χ2v) is 7.52. The minimum atomic E-state index is -1.08. The third-order valence-corrected chi connectivity index (χ3v) is 5.35. The highest BCUT2D eigenvalue weighted by Crippen LogP contribution is 2.27. The van der Waals surface area contributed by atoms with E-state index in [1.54, 1.807) is 49.4 Å². The molecule has 0 aromatic heterocycles. The first-order valence-electron chi connectivity index (χ1n) is 10.6. The van der Waals surface area contributed by atoms with E-state index in [0.717, 1.165) is 10.5 Å². The molecule has 1 N–H and O–H groups in total. The Morgan fingerprint density at radius 3 is 2.15 bits per heavy atom. The summed E-state index contributed by atoms with van der Waals surface area (Å²) < 4.78 is 5.01. The van der Waals surface area contributed by atoms with Crippen molar-refractivity contribution in [1.82, 2.24) is 4.90 Å². The first-order valence-corrected chi connectivity index (χ1v) is 10.6. The van der Waals surface area contributed by atoms with Crippen molar-refractivity contribution in [3.8, 4) is 0 Å². The lowest BCUT2D eigenvalue weighted by molar-refractivity contribution is -0.119. The van der Waals surface area contributed by atoms with Crippen LogP contribution in [0.4, 0.5) is 5.69 Å². The zero-order valence-corrected chi connectivity index (χ0v) is 18.0. The normalized spacial score (nSPS) is 13.4. The van der Waals surface area contributed by atoms with Gasteiger partial charge in [0.2, 0.25) is 5.91 Å². The lowest BCUT2D eigenvalue weighted by Crippen LogP contribution is -2.48. The molecule has 3 amide bonds. The van der Waals surface area contributed by atoms with Crippen LogP contribution in [0, 0.1) is 0 Å². The van der Waals surface area contributed by atoms with Gasteiger partial charge in [0.1, 0.15) is 6.04 Å². The fourth-order valence-electron chi connectivity index (χ4n) is 3.79.